The molecule has 3 aromatic rings. The Morgan fingerprint density at radius 1 is 1.10 bits per heavy atom. The molecule has 0 saturated heterocycles. The molecule has 162 valence electrons. The first-order chi connectivity index (χ1) is 14.7. The van der Waals surface area contributed by atoms with Crippen molar-refractivity contribution in [2.75, 3.05) is 11.9 Å². The highest BCUT2D eigenvalue weighted by Crippen LogP contribution is 2.18. The summed E-state index contributed by atoms with van der Waals surface area (Å²) in [7, 11) is -3.63. The lowest BCUT2D eigenvalue weighted by Crippen LogP contribution is -2.27. The highest BCUT2D eigenvalue weighted by molar-refractivity contribution is 7.89. The van der Waals surface area contributed by atoms with E-state index in [-0.39, 0.29) is 16.4 Å². The van der Waals surface area contributed by atoms with Gasteiger partial charge in [0.1, 0.15) is 11.4 Å². The first-order valence-electron chi connectivity index (χ1n) is 9.42. The van der Waals surface area contributed by atoms with Crippen LogP contribution in [-0.2, 0) is 10.0 Å². The van der Waals surface area contributed by atoms with Crippen LogP contribution >= 0.6 is 11.6 Å². The third-order valence-electron chi connectivity index (χ3n) is 4.27. The second kappa shape index (κ2) is 9.42. The number of rotatable bonds is 7. The Morgan fingerprint density at radius 2 is 1.74 bits per heavy atom. The number of halogens is 1. The third-order valence-corrected chi connectivity index (χ3v) is 5.96. The molecule has 31 heavy (non-hydrogen) atoms. The lowest BCUT2D eigenvalue weighted by atomic mass is 10.2. The van der Waals surface area contributed by atoms with E-state index < -0.39 is 21.5 Å². The van der Waals surface area contributed by atoms with Crippen LogP contribution in [-0.4, -0.2) is 30.8 Å². The Hall–Kier alpha value is -3.01. The number of nitrogens with zero attached hydrogens (tertiary/aromatic N) is 1. The van der Waals surface area contributed by atoms with E-state index in [1.54, 1.807) is 24.3 Å². The quantitative estimate of drug-likeness (QED) is 0.499. The Morgan fingerprint density at radius 3 is 2.32 bits per heavy atom. The van der Waals surface area contributed by atoms with Gasteiger partial charge in [-0.05, 0) is 54.4 Å². The summed E-state index contributed by atoms with van der Waals surface area (Å²) in [6, 6.07) is 12.4. The smallest absolute Gasteiger partial charge is 0.264 e. The van der Waals surface area contributed by atoms with E-state index >= 15 is 0 Å². The Balaban J connectivity index is 1.73. The average molecular weight is 461 g/mol. The molecule has 1 aromatic heterocycles. The molecule has 0 atom stereocenters. The second-order valence-corrected chi connectivity index (χ2v) is 9.41. The van der Waals surface area contributed by atoms with E-state index in [1.165, 1.54) is 30.5 Å². The monoisotopic (exact) mass is 460 g/mol. The summed E-state index contributed by atoms with van der Waals surface area (Å²) in [5.74, 6) is -0.183. The average Bonchev–Trinajstić information content (AvgIpc) is 2.73. The molecule has 0 radical (unpaired) electrons. The molecule has 8 nitrogen and oxygen atoms in total. The molecule has 0 fully saturated rings. The number of aromatic amines is 1. The van der Waals surface area contributed by atoms with E-state index in [0.29, 0.717) is 28.6 Å². The fourth-order valence-corrected chi connectivity index (χ4v) is 3.93. The number of sulfonamides is 1. The van der Waals surface area contributed by atoms with Gasteiger partial charge in [-0.2, -0.15) is 0 Å². The summed E-state index contributed by atoms with van der Waals surface area (Å²) in [4.78, 5) is 31.6. The van der Waals surface area contributed by atoms with E-state index in [9.17, 15) is 18.0 Å². The minimum absolute atomic E-state index is 0.0815. The van der Waals surface area contributed by atoms with Crippen LogP contribution < -0.4 is 15.6 Å². The van der Waals surface area contributed by atoms with E-state index in [4.69, 9.17) is 11.6 Å². The van der Waals surface area contributed by atoms with Gasteiger partial charge in [0.25, 0.3) is 11.5 Å². The van der Waals surface area contributed by atoms with Gasteiger partial charge in [0.15, 0.2) is 0 Å². The standard InChI is InChI=1S/C21H21ClN4O4S/c1-13(2)11-24-31(29,30)17-9-7-16(8-10-17)25-20(27)18-12-23-19(26-21(18)28)14-3-5-15(22)6-4-14/h3-10,12-13,24H,11H2,1-2H3,(H,25,27)(H,23,26,28). The van der Waals surface area contributed by atoms with Crippen LogP contribution in [0.3, 0.4) is 0 Å². The fourth-order valence-electron chi connectivity index (χ4n) is 2.59. The Labute approximate surface area is 184 Å². The van der Waals surface area contributed by atoms with Crippen LogP contribution in [0.15, 0.2) is 64.4 Å². The zero-order chi connectivity index (χ0) is 22.6. The molecular formula is C21H21ClN4O4S. The molecular weight excluding hydrogens is 440 g/mol. The van der Waals surface area contributed by atoms with Gasteiger partial charge in [-0.25, -0.2) is 18.1 Å². The zero-order valence-corrected chi connectivity index (χ0v) is 18.4. The molecule has 0 spiro atoms. The number of amides is 1. The number of H-pyrrole nitrogens is 1. The number of hydrogen-bond acceptors (Lipinski definition) is 5. The van der Waals surface area contributed by atoms with Gasteiger partial charge >= 0.3 is 0 Å². The molecule has 0 aliphatic rings. The maximum absolute atomic E-state index is 12.5. The van der Waals surface area contributed by atoms with Gasteiger partial charge in [0.2, 0.25) is 10.0 Å². The summed E-state index contributed by atoms with van der Waals surface area (Å²) in [6.45, 7) is 4.13. The molecule has 3 N–H and O–H groups in total. The molecule has 2 aromatic carbocycles. The zero-order valence-electron chi connectivity index (χ0n) is 16.8. The molecule has 0 saturated carbocycles. The fraction of sp³-hybridized carbons (Fsp3) is 0.190. The second-order valence-electron chi connectivity index (χ2n) is 7.21. The minimum Gasteiger partial charge on any atom is -0.322 e. The van der Waals surface area contributed by atoms with Crippen molar-refractivity contribution in [1.82, 2.24) is 14.7 Å². The number of aromatic nitrogens is 2. The molecule has 0 unspecified atom stereocenters. The number of carbonyl (C=O) groups excluding carboxylic acids is 1. The number of benzene rings is 2. The normalized spacial score (nSPS) is 11.5. The predicted octanol–water partition coefficient (Wildman–Crippen LogP) is 3.28. The van der Waals surface area contributed by atoms with Crippen LogP contribution in [0.1, 0.15) is 24.2 Å². The van der Waals surface area contributed by atoms with Crippen molar-refractivity contribution in [2.24, 2.45) is 5.92 Å². The molecule has 0 aliphatic carbocycles. The van der Waals surface area contributed by atoms with Crippen LogP contribution in [0.4, 0.5) is 5.69 Å². The third kappa shape index (κ3) is 5.78. The summed E-state index contributed by atoms with van der Waals surface area (Å²) in [6.07, 6.45) is 1.19. The summed E-state index contributed by atoms with van der Waals surface area (Å²) in [5, 5.41) is 3.12. The highest BCUT2D eigenvalue weighted by Gasteiger charge is 2.16. The van der Waals surface area contributed by atoms with Gasteiger partial charge in [-0.3, -0.25) is 9.59 Å². The number of hydrogen-bond donors (Lipinski definition) is 3. The van der Waals surface area contributed by atoms with E-state index in [2.05, 4.69) is 20.0 Å². The van der Waals surface area contributed by atoms with Crippen molar-refractivity contribution in [3.8, 4) is 11.4 Å². The molecule has 0 bridgehead atoms. The summed E-state index contributed by atoms with van der Waals surface area (Å²) in [5.41, 5.74) is 0.216. The summed E-state index contributed by atoms with van der Waals surface area (Å²) >= 11 is 5.85. The number of nitrogens with one attached hydrogen (secondary N) is 3. The molecule has 1 heterocycles. The number of anilines is 1. The largest absolute Gasteiger partial charge is 0.322 e. The van der Waals surface area contributed by atoms with Crippen LogP contribution in [0.5, 0.6) is 0 Å². The van der Waals surface area contributed by atoms with Crippen molar-refractivity contribution < 1.29 is 13.2 Å². The van der Waals surface area contributed by atoms with Gasteiger partial charge in [0, 0.05) is 29.0 Å². The maximum Gasteiger partial charge on any atom is 0.264 e. The highest BCUT2D eigenvalue weighted by atomic mass is 35.5. The molecule has 10 heteroatoms. The first-order valence-corrected chi connectivity index (χ1v) is 11.3. The van der Waals surface area contributed by atoms with E-state index in [0.717, 1.165) is 0 Å². The van der Waals surface area contributed by atoms with Crippen LogP contribution in [0.2, 0.25) is 5.02 Å². The Kier molecular flexibility index (Phi) is 6.89. The maximum atomic E-state index is 12.5. The lowest BCUT2D eigenvalue weighted by Gasteiger charge is -2.10. The Bertz CT molecular complexity index is 1240. The van der Waals surface area contributed by atoms with Crippen LogP contribution in [0, 0.1) is 5.92 Å². The van der Waals surface area contributed by atoms with Crippen molar-refractivity contribution >= 4 is 33.2 Å². The van der Waals surface area contributed by atoms with Gasteiger partial charge in [-0.1, -0.05) is 25.4 Å². The van der Waals surface area contributed by atoms with Gasteiger partial charge in [0.05, 0.1) is 4.90 Å². The molecule has 0 aliphatic heterocycles. The van der Waals surface area contributed by atoms with Crippen molar-refractivity contribution in [2.45, 2.75) is 18.7 Å². The van der Waals surface area contributed by atoms with Crippen molar-refractivity contribution in [3.05, 3.63) is 75.7 Å². The minimum atomic E-state index is -3.63. The number of carbonyl (C=O) groups is 1. The van der Waals surface area contributed by atoms with Gasteiger partial charge < -0.3 is 10.3 Å². The predicted molar refractivity (Wildman–Crippen MR) is 120 cm³/mol. The SMILES string of the molecule is CC(C)CNS(=O)(=O)c1ccc(NC(=O)c2cnc(-c3ccc(Cl)cc3)[nH]c2=O)cc1. The van der Waals surface area contributed by atoms with Gasteiger partial charge in [-0.15, -0.1) is 0 Å². The van der Waals surface area contributed by atoms with Crippen LogP contribution in [0.25, 0.3) is 11.4 Å². The molecule has 3 rings (SSSR count). The van der Waals surface area contributed by atoms with Crippen molar-refractivity contribution in [1.29, 1.82) is 0 Å². The lowest BCUT2D eigenvalue weighted by molar-refractivity contribution is 0.102. The first kappa shape index (κ1) is 22.7. The van der Waals surface area contributed by atoms with E-state index in [1.807, 2.05) is 13.8 Å². The van der Waals surface area contributed by atoms with Crippen molar-refractivity contribution in [3.63, 3.8) is 0 Å². The molecule has 1 amide bonds. The topological polar surface area (TPSA) is 121 Å². The summed E-state index contributed by atoms with van der Waals surface area (Å²) < 4.78 is 27.0.